The van der Waals surface area contributed by atoms with Crippen molar-refractivity contribution in [3.8, 4) is 0 Å². The van der Waals surface area contributed by atoms with Gasteiger partial charge in [-0.15, -0.1) is 0 Å². The highest BCUT2D eigenvalue weighted by Crippen LogP contribution is 2.20. The smallest absolute Gasteiger partial charge is 0.222 e. The van der Waals surface area contributed by atoms with E-state index in [1.807, 2.05) is 31.0 Å². The molecule has 1 saturated heterocycles. The summed E-state index contributed by atoms with van der Waals surface area (Å²) in [7, 11) is 2.00. The van der Waals surface area contributed by atoms with Crippen LogP contribution in [0.25, 0.3) is 0 Å². The van der Waals surface area contributed by atoms with Gasteiger partial charge < -0.3 is 9.80 Å². The van der Waals surface area contributed by atoms with E-state index in [4.69, 9.17) is 11.6 Å². The standard InChI is InChI=1S/C13H18ClN3O/c1-3-17-9-10(6-13(17)18)8-16(2)12-5-4-11(14)7-15-12/h4-5,7,10H,3,6,8-9H2,1-2H3. The van der Waals surface area contributed by atoms with Crippen LogP contribution < -0.4 is 4.90 Å². The molecule has 0 spiro atoms. The minimum atomic E-state index is 0.264. The first-order valence-electron chi connectivity index (χ1n) is 6.20. The lowest BCUT2D eigenvalue weighted by Gasteiger charge is -2.22. The Balaban J connectivity index is 1.94. The van der Waals surface area contributed by atoms with Crippen LogP contribution in [0, 0.1) is 5.92 Å². The summed E-state index contributed by atoms with van der Waals surface area (Å²) in [5.41, 5.74) is 0. The molecular weight excluding hydrogens is 250 g/mol. The Bertz CT molecular complexity index is 421. The van der Waals surface area contributed by atoms with Crippen molar-refractivity contribution in [1.82, 2.24) is 9.88 Å². The molecule has 1 atom stereocenters. The van der Waals surface area contributed by atoms with Gasteiger partial charge in [0.15, 0.2) is 0 Å². The molecule has 5 heteroatoms. The molecule has 1 fully saturated rings. The van der Waals surface area contributed by atoms with Crippen molar-refractivity contribution in [2.24, 2.45) is 5.92 Å². The zero-order valence-electron chi connectivity index (χ0n) is 10.8. The van der Waals surface area contributed by atoms with Gasteiger partial charge in [-0.25, -0.2) is 4.98 Å². The van der Waals surface area contributed by atoms with Gasteiger partial charge in [0, 0.05) is 45.2 Å². The van der Waals surface area contributed by atoms with Gasteiger partial charge in [-0.2, -0.15) is 0 Å². The summed E-state index contributed by atoms with van der Waals surface area (Å²) in [5.74, 6) is 1.54. The molecule has 0 aromatic carbocycles. The average Bonchev–Trinajstić information content (AvgIpc) is 2.70. The maximum atomic E-state index is 11.7. The molecule has 4 nitrogen and oxygen atoms in total. The largest absolute Gasteiger partial charge is 0.359 e. The summed E-state index contributed by atoms with van der Waals surface area (Å²) in [6.45, 7) is 4.52. The predicted molar refractivity (Wildman–Crippen MR) is 72.9 cm³/mol. The van der Waals surface area contributed by atoms with E-state index in [1.54, 1.807) is 6.20 Å². The second-order valence-corrected chi connectivity index (χ2v) is 5.15. The third-order valence-corrected chi connectivity index (χ3v) is 3.53. The fraction of sp³-hybridized carbons (Fsp3) is 0.538. The van der Waals surface area contributed by atoms with Crippen LogP contribution in [0.15, 0.2) is 18.3 Å². The number of nitrogens with zero attached hydrogens (tertiary/aromatic N) is 3. The van der Waals surface area contributed by atoms with E-state index in [-0.39, 0.29) is 5.91 Å². The SMILES string of the molecule is CCN1CC(CN(C)c2ccc(Cl)cn2)CC1=O. The number of hydrogen-bond donors (Lipinski definition) is 0. The molecule has 1 aliphatic rings. The Morgan fingerprint density at radius 2 is 2.33 bits per heavy atom. The van der Waals surface area contributed by atoms with Crippen molar-refractivity contribution in [1.29, 1.82) is 0 Å². The van der Waals surface area contributed by atoms with Gasteiger partial charge in [-0.05, 0) is 19.1 Å². The maximum Gasteiger partial charge on any atom is 0.222 e. The first-order chi connectivity index (χ1) is 8.60. The van der Waals surface area contributed by atoms with Gasteiger partial charge in [-0.1, -0.05) is 11.6 Å². The normalized spacial score (nSPS) is 19.4. The van der Waals surface area contributed by atoms with Crippen LogP contribution in [0.1, 0.15) is 13.3 Å². The van der Waals surface area contributed by atoms with Gasteiger partial charge in [0.2, 0.25) is 5.91 Å². The van der Waals surface area contributed by atoms with Crippen LogP contribution in [0.3, 0.4) is 0 Å². The van der Waals surface area contributed by atoms with Crippen LogP contribution in [-0.2, 0) is 4.79 Å². The van der Waals surface area contributed by atoms with Crippen LogP contribution in [-0.4, -0.2) is 42.5 Å². The second kappa shape index (κ2) is 5.57. The first-order valence-corrected chi connectivity index (χ1v) is 6.58. The number of hydrogen-bond acceptors (Lipinski definition) is 3. The van der Waals surface area contributed by atoms with Crippen molar-refractivity contribution in [2.75, 3.05) is 31.6 Å². The fourth-order valence-corrected chi connectivity index (χ4v) is 2.47. The third-order valence-electron chi connectivity index (χ3n) is 3.31. The fourth-order valence-electron chi connectivity index (χ4n) is 2.36. The Morgan fingerprint density at radius 1 is 1.56 bits per heavy atom. The third kappa shape index (κ3) is 2.93. The lowest BCUT2D eigenvalue weighted by Crippen LogP contribution is -2.29. The molecule has 1 amide bonds. The molecule has 1 aromatic heterocycles. The van der Waals surface area contributed by atoms with Crippen LogP contribution in [0.5, 0.6) is 0 Å². The van der Waals surface area contributed by atoms with Gasteiger partial charge >= 0.3 is 0 Å². The lowest BCUT2D eigenvalue weighted by atomic mass is 10.1. The maximum absolute atomic E-state index is 11.7. The monoisotopic (exact) mass is 267 g/mol. The highest BCUT2D eigenvalue weighted by Gasteiger charge is 2.29. The second-order valence-electron chi connectivity index (χ2n) is 4.72. The van der Waals surface area contributed by atoms with Crippen LogP contribution in [0.2, 0.25) is 5.02 Å². The molecule has 0 radical (unpaired) electrons. The quantitative estimate of drug-likeness (QED) is 0.838. The minimum absolute atomic E-state index is 0.264. The van der Waals surface area contributed by atoms with Crippen molar-refractivity contribution in [2.45, 2.75) is 13.3 Å². The summed E-state index contributed by atoms with van der Waals surface area (Å²) >= 11 is 5.81. The molecule has 18 heavy (non-hydrogen) atoms. The Morgan fingerprint density at radius 3 is 2.89 bits per heavy atom. The average molecular weight is 268 g/mol. The van der Waals surface area contributed by atoms with Gasteiger partial charge in [0.25, 0.3) is 0 Å². The Kier molecular flexibility index (Phi) is 4.07. The van der Waals surface area contributed by atoms with Gasteiger partial charge in [0.05, 0.1) is 5.02 Å². The molecule has 1 unspecified atom stereocenters. The molecule has 1 aliphatic heterocycles. The molecule has 98 valence electrons. The van der Waals surface area contributed by atoms with Crippen molar-refractivity contribution < 1.29 is 4.79 Å². The zero-order chi connectivity index (χ0) is 13.1. The number of anilines is 1. The molecule has 0 saturated carbocycles. The molecule has 2 rings (SSSR count). The van der Waals surface area contributed by atoms with E-state index in [1.165, 1.54) is 0 Å². The Hall–Kier alpha value is -1.29. The number of carbonyl (C=O) groups is 1. The summed E-state index contributed by atoms with van der Waals surface area (Å²) in [6, 6.07) is 3.73. The molecule has 1 aromatic rings. The number of aromatic nitrogens is 1. The lowest BCUT2D eigenvalue weighted by molar-refractivity contribution is -0.127. The number of pyridine rings is 1. The summed E-state index contributed by atoms with van der Waals surface area (Å²) < 4.78 is 0. The number of rotatable bonds is 4. The number of likely N-dealkylation sites (tertiary alicyclic amines) is 1. The number of carbonyl (C=O) groups excluding carboxylic acids is 1. The Labute approximate surface area is 113 Å². The van der Waals surface area contributed by atoms with Crippen LogP contribution in [0.4, 0.5) is 5.82 Å². The zero-order valence-corrected chi connectivity index (χ0v) is 11.5. The topological polar surface area (TPSA) is 36.4 Å². The number of halogens is 1. The van der Waals surface area contributed by atoms with Crippen molar-refractivity contribution in [3.05, 3.63) is 23.4 Å². The van der Waals surface area contributed by atoms with E-state index in [2.05, 4.69) is 9.88 Å². The molecule has 0 aliphatic carbocycles. The van der Waals surface area contributed by atoms with E-state index in [9.17, 15) is 4.79 Å². The van der Waals surface area contributed by atoms with E-state index < -0.39 is 0 Å². The predicted octanol–water partition coefficient (Wildman–Crippen LogP) is 2.04. The minimum Gasteiger partial charge on any atom is -0.359 e. The molecule has 2 heterocycles. The highest BCUT2D eigenvalue weighted by atomic mass is 35.5. The first kappa shape index (κ1) is 13.1. The van der Waals surface area contributed by atoms with Gasteiger partial charge in [0.1, 0.15) is 5.82 Å². The summed E-state index contributed by atoms with van der Waals surface area (Å²) in [4.78, 5) is 19.9. The van der Waals surface area contributed by atoms with Crippen LogP contribution >= 0.6 is 11.6 Å². The van der Waals surface area contributed by atoms with Crippen molar-refractivity contribution >= 4 is 23.3 Å². The summed E-state index contributed by atoms with van der Waals surface area (Å²) in [6.07, 6.45) is 2.29. The van der Waals surface area contributed by atoms with Gasteiger partial charge in [-0.3, -0.25) is 4.79 Å². The molecule has 0 N–H and O–H groups in total. The van der Waals surface area contributed by atoms with E-state index in [0.29, 0.717) is 17.4 Å². The summed E-state index contributed by atoms with van der Waals surface area (Å²) in [5, 5.41) is 0.639. The molecular formula is C13H18ClN3O. The van der Waals surface area contributed by atoms with Crippen molar-refractivity contribution in [3.63, 3.8) is 0 Å². The highest BCUT2D eigenvalue weighted by molar-refractivity contribution is 6.30. The molecule has 0 bridgehead atoms. The van der Waals surface area contributed by atoms with E-state index >= 15 is 0 Å². The van der Waals surface area contributed by atoms with E-state index in [0.717, 1.165) is 25.5 Å². The number of amides is 1.